The molecule has 1 aliphatic rings. The molecule has 3 rings (SSSR count). The van der Waals surface area contributed by atoms with Crippen molar-refractivity contribution in [1.82, 2.24) is 19.4 Å². The van der Waals surface area contributed by atoms with Gasteiger partial charge in [0.1, 0.15) is 5.82 Å². The Hall–Kier alpha value is -2.18. The average molecular weight is 426 g/mol. The Morgan fingerprint density at radius 2 is 1.90 bits per heavy atom. The Bertz CT molecular complexity index is 854. The van der Waals surface area contributed by atoms with Crippen LogP contribution in [0.1, 0.15) is 74.9 Å². The summed E-state index contributed by atoms with van der Waals surface area (Å²) < 4.78 is 2.41. The zero-order valence-corrected chi connectivity index (χ0v) is 19.8. The highest BCUT2D eigenvalue weighted by Gasteiger charge is 2.28. The maximum absolute atomic E-state index is 11.8. The largest absolute Gasteiger partial charge is 0.340 e. The van der Waals surface area contributed by atoms with Crippen molar-refractivity contribution in [3.8, 4) is 0 Å². The number of carbonyl (C=O) groups excluding carboxylic acids is 1. The number of amides is 1. The van der Waals surface area contributed by atoms with Crippen molar-refractivity contribution >= 4 is 5.91 Å². The van der Waals surface area contributed by atoms with Crippen molar-refractivity contribution in [2.75, 3.05) is 20.1 Å². The van der Waals surface area contributed by atoms with E-state index >= 15 is 0 Å². The molecule has 1 aliphatic heterocycles. The van der Waals surface area contributed by atoms with Crippen LogP contribution < -0.4 is 5.73 Å². The lowest BCUT2D eigenvalue weighted by Crippen LogP contribution is -2.42. The number of likely N-dealkylation sites (tertiary alicyclic amines) is 1. The van der Waals surface area contributed by atoms with Crippen LogP contribution in [0.4, 0.5) is 0 Å². The Morgan fingerprint density at radius 1 is 1.26 bits per heavy atom. The van der Waals surface area contributed by atoms with Crippen molar-refractivity contribution in [3.05, 3.63) is 53.1 Å². The first-order valence-corrected chi connectivity index (χ1v) is 11.6. The van der Waals surface area contributed by atoms with Crippen LogP contribution in [0, 0.1) is 6.92 Å². The molecular formula is C25H39N5O. The maximum atomic E-state index is 11.8. The lowest BCUT2D eigenvalue weighted by atomic mass is 9.97. The van der Waals surface area contributed by atoms with Gasteiger partial charge in [0, 0.05) is 45.2 Å². The van der Waals surface area contributed by atoms with Crippen molar-refractivity contribution in [1.29, 1.82) is 0 Å². The fraction of sp³-hybridized carbons (Fsp3) is 0.600. The van der Waals surface area contributed by atoms with Gasteiger partial charge >= 0.3 is 0 Å². The molecule has 170 valence electrons. The van der Waals surface area contributed by atoms with Gasteiger partial charge in [-0.25, -0.2) is 4.98 Å². The standard InChI is InChI=1S/C25H39N5O/c1-6-24-25(17-28(5)20(4)31)30(19(3)27-24)22-12-14-29(15-13-22)18(2)16-23(26)21-10-8-7-9-11-21/h7-11,18,22-23H,6,12-17,26H2,1-5H3. The molecule has 2 N–H and O–H groups in total. The van der Waals surface area contributed by atoms with Crippen LogP contribution in [0.25, 0.3) is 0 Å². The molecule has 2 aromatic rings. The summed E-state index contributed by atoms with van der Waals surface area (Å²) in [6.07, 6.45) is 4.06. The van der Waals surface area contributed by atoms with Crippen molar-refractivity contribution < 1.29 is 4.79 Å². The van der Waals surface area contributed by atoms with E-state index < -0.39 is 0 Å². The topological polar surface area (TPSA) is 67.4 Å². The van der Waals surface area contributed by atoms with Crippen LogP contribution in [0.5, 0.6) is 0 Å². The predicted molar refractivity (Wildman–Crippen MR) is 126 cm³/mol. The van der Waals surface area contributed by atoms with Gasteiger partial charge in [-0.05, 0) is 45.1 Å². The van der Waals surface area contributed by atoms with E-state index in [0.717, 1.165) is 50.3 Å². The number of nitrogens with two attached hydrogens (primary N) is 1. The zero-order chi connectivity index (χ0) is 22.5. The molecular weight excluding hydrogens is 386 g/mol. The number of benzene rings is 1. The summed E-state index contributed by atoms with van der Waals surface area (Å²) in [6, 6.07) is 11.4. The average Bonchev–Trinajstić information content (AvgIpc) is 3.09. The van der Waals surface area contributed by atoms with E-state index in [1.807, 2.05) is 13.1 Å². The molecule has 2 unspecified atom stereocenters. The van der Waals surface area contributed by atoms with Crippen molar-refractivity contribution in [2.45, 2.75) is 78.0 Å². The van der Waals surface area contributed by atoms with Crippen molar-refractivity contribution in [2.24, 2.45) is 5.73 Å². The Kier molecular flexibility index (Phi) is 7.89. The third-order valence-corrected chi connectivity index (χ3v) is 6.84. The summed E-state index contributed by atoms with van der Waals surface area (Å²) in [6.45, 7) is 10.9. The minimum Gasteiger partial charge on any atom is -0.340 e. The number of rotatable bonds is 8. The van der Waals surface area contributed by atoms with Crippen LogP contribution in [0.15, 0.2) is 30.3 Å². The van der Waals surface area contributed by atoms with Gasteiger partial charge < -0.3 is 20.1 Å². The predicted octanol–water partition coefficient (Wildman–Crippen LogP) is 3.85. The van der Waals surface area contributed by atoms with E-state index in [1.54, 1.807) is 11.8 Å². The van der Waals surface area contributed by atoms with Gasteiger partial charge in [0.05, 0.1) is 17.9 Å². The molecule has 31 heavy (non-hydrogen) atoms. The Labute approximate surface area is 187 Å². The fourth-order valence-electron chi connectivity index (χ4n) is 4.86. The number of hydrogen-bond donors (Lipinski definition) is 1. The van der Waals surface area contributed by atoms with Crippen LogP contribution in [0.3, 0.4) is 0 Å². The Morgan fingerprint density at radius 3 is 2.48 bits per heavy atom. The monoisotopic (exact) mass is 425 g/mol. The first-order valence-electron chi connectivity index (χ1n) is 11.6. The quantitative estimate of drug-likeness (QED) is 0.698. The van der Waals surface area contributed by atoms with Gasteiger partial charge in [0.15, 0.2) is 0 Å². The summed E-state index contributed by atoms with van der Waals surface area (Å²) in [5.74, 6) is 1.16. The second kappa shape index (κ2) is 10.4. The molecule has 0 saturated carbocycles. The van der Waals surface area contributed by atoms with Gasteiger partial charge in [-0.15, -0.1) is 0 Å². The summed E-state index contributed by atoms with van der Waals surface area (Å²) >= 11 is 0. The lowest BCUT2D eigenvalue weighted by Gasteiger charge is -2.38. The number of aryl methyl sites for hydroxylation is 2. The minimum atomic E-state index is 0.0747. The van der Waals surface area contributed by atoms with Gasteiger partial charge in [-0.2, -0.15) is 0 Å². The van der Waals surface area contributed by atoms with E-state index in [2.05, 4.69) is 54.5 Å². The van der Waals surface area contributed by atoms with Gasteiger partial charge in [-0.1, -0.05) is 37.3 Å². The molecule has 1 aromatic heterocycles. The lowest BCUT2D eigenvalue weighted by molar-refractivity contribution is -0.128. The van der Waals surface area contributed by atoms with Gasteiger partial charge in [0.25, 0.3) is 0 Å². The molecule has 6 heteroatoms. The summed E-state index contributed by atoms with van der Waals surface area (Å²) in [4.78, 5) is 21.0. The smallest absolute Gasteiger partial charge is 0.219 e. The number of hydrogen-bond acceptors (Lipinski definition) is 4. The molecule has 0 aliphatic carbocycles. The molecule has 2 atom stereocenters. The fourth-order valence-corrected chi connectivity index (χ4v) is 4.86. The van der Waals surface area contributed by atoms with Gasteiger partial charge in [-0.3, -0.25) is 4.79 Å². The minimum absolute atomic E-state index is 0.0747. The van der Waals surface area contributed by atoms with E-state index in [1.165, 1.54) is 11.3 Å². The second-order valence-corrected chi connectivity index (χ2v) is 9.02. The molecule has 1 aromatic carbocycles. The summed E-state index contributed by atoms with van der Waals surface area (Å²) in [5, 5.41) is 0. The van der Waals surface area contributed by atoms with Crippen LogP contribution >= 0.6 is 0 Å². The highest BCUT2D eigenvalue weighted by molar-refractivity contribution is 5.72. The third kappa shape index (κ3) is 5.55. The summed E-state index contributed by atoms with van der Waals surface area (Å²) in [5.41, 5.74) is 10.0. The zero-order valence-electron chi connectivity index (χ0n) is 19.8. The maximum Gasteiger partial charge on any atom is 0.219 e. The van der Waals surface area contributed by atoms with E-state index in [-0.39, 0.29) is 11.9 Å². The number of aromatic nitrogens is 2. The Balaban J connectivity index is 1.65. The number of piperidine rings is 1. The highest BCUT2D eigenvalue weighted by Crippen LogP contribution is 2.30. The first kappa shape index (κ1) is 23.5. The van der Waals surface area contributed by atoms with E-state index in [0.29, 0.717) is 18.6 Å². The molecule has 1 amide bonds. The number of nitrogens with zero attached hydrogens (tertiary/aromatic N) is 4. The first-order chi connectivity index (χ1) is 14.8. The normalized spacial score (nSPS) is 17.5. The molecule has 6 nitrogen and oxygen atoms in total. The molecule has 0 radical (unpaired) electrons. The molecule has 0 bridgehead atoms. The number of carbonyl (C=O) groups is 1. The second-order valence-electron chi connectivity index (χ2n) is 9.02. The van der Waals surface area contributed by atoms with Crippen LogP contribution in [-0.2, 0) is 17.8 Å². The van der Waals surface area contributed by atoms with Crippen LogP contribution in [0.2, 0.25) is 0 Å². The summed E-state index contributed by atoms with van der Waals surface area (Å²) in [7, 11) is 1.87. The third-order valence-electron chi connectivity index (χ3n) is 6.84. The molecule has 2 heterocycles. The SMILES string of the molecule is CCc1nc(C)n(C2CCN(C(C)CC(N)c3ccccc3)CC2)c1CN(C)C(C)=O. The number of imidazole rings is 1. The van der Waals surface area contributed by atoms with Crippen molar-refractivity contribution in [3.63, 3.8) is 0 Å². The van der Waals surface area contributed by atoms with E-state index in [9.17, 15) is 4.79 Å². The molecule has 0 spiro atoms. The van der Waals surface area contributed by atoms with Crippen LogP contribution in [-0.4, -0.2) is 51.4 Å². The molecule has 1 fully saturated rings. The van der Waals surface area contributed by atoms with E-state index in [4.69, 9.17) is 10.7 Å². The van der Waals surface area contributed by atoms with Gasteiger partial charge in [0.2, 0.25) is 5.91 Å². The molecule has 1 saturated heterocycles. The highest BCUT2D eigenvalue weighted by atomic mass is 16.2.